The minimum atomic E-state index is 1.03. The fourth-order valence-electron chi connectivity index (χ4n) is 1.59. The van der Waals surface area contributed by atoms with Crippen molar-refractivity contribution < 1.29 is 0 Å². The number of nitrogens with one attached hydrogen (secondary N) is 1. The number of benzene rings is 2. The fraction of sp³-hybridized carbons (Fsp3) is 0.167. The fourth-order valence-corrected chi connectivity index (χ4v) is 1.86. The molecule has 2 aromatic carbocycles. The minimum absolute atomic E-state index is 1.03. The Hall–Kier alpha value is -0.610. The Morgan fingerprint density at radius 1 is 1.00 bits per heavy atom. The molecular formula is C12H12IN. The van der Waals surface area contributed by atoms with Crippen LogP contribution in [-0.4, -0.2) is 6.54 Å². The lowest BCUT2D eigenvalue weighted by Crippen LogP contribution is -2.03. The van der Waals surface area contributed by atoms with Crippen molar-refractivity contribution in [2.45, 2.75) is 6.42 Å². The van der Waals surface area contributed by atoms with Crippen molar-refractivity contribution in [3.63, 3.8) is 0 Å². The molecule has 0 heterocycles. The van der Waals surface area contributed by atoms with E-state index in [1.165, 1.54) is 16.3 Å². The van der Waals surface area contributed by atoms with Crippen LogP contribution in [0.25, 0.3) is 10.8 Å². The quantitative estimate of drug-likeness (QED) is 0.677. The van der Waals surface area contributed by atoms with Crippen molar-refractivity contribution in [3.05, 3.63) is 48.0 Å². The average Bonchev–Trinajstić information content (AvgIpc) is 2.26. The van der Waals surface area contributed by atoms with Gasteiger partial charge in [0, 0.05) is 29.4 Å². The summed E-state index contributed by atoms with van der Waals surface area (Å²) in [5.74, 6) is 0. The zero-order chi connectivity index (χ0) is 9.80. The second kappa shape index (κ2) is 4.75. The molecular weight excluding hydrogens is 285 g/mol. The first-order valence-corrected chi connectivity index (χ1v) is 5.79. The van der Waals surface area contributed by atoms with E-state index >= 15 is 0 Å². The predicted octanol–water partition coefficient (Wildman–Crippen LogP) is 3.32. The molecule has 0 spiro atoms. The lowest BCUT2D eigenvalue weighted by molar-refractivity contribution is 0.934. The highest BCUT2D eigenvalue weighted by Gasteiger charge is 1.95. The van der Waals surface area contributed by atoms with E-state index < -0.39 is 0 Å². The summed E-state index contributed by atoms with van der Waals surface area (Å²) < 4.78 is 3.13. The van der Waals surface area contributed by atoms with Gasteiger partial charge in [0.1, 0.15) is 0 Å². The number of hydrogen-bond acceptors (Lipinski definition) is 1. The number of halogens is 1. The summed E-state index contributed by atoms with van der Waals surface area (Å²) in [6.07, 6.45) is 1.09. The van der Waals surface area contributed by atoms with Crippen molar-refractivity contribution >= 4 is 33.6 Å². The number of rotatable bonds is 3. The number of hydrogen-bond donors (Lipinski definition) is 1. The molecule has 1 nitrogen and oxygen atoms in total. The molecule has 2 rings (SSSR count). The van der Waals surface area contributed by atoms with Gasteiger partial charge in [-0.2, -0.15) is 0 Å². The van der Waals surface area contributed by atoms with E-state index in [0.29, 0.717) is 0 Å². The Bertz CT molecular complexity index is 425. The summed E-state index contributed by atoms with van der Waals surface area (Å²) in [6, 6.07) is 15.1. The molecule has 72 valence electrons. The van der Waals surface area contributed by atoms with E-state index in [9.17, 15) is 0 Å². The monoisotopic (exact) mass is 297 g/mol. The van der Waals surface area contributed by atoms with Crippen molar-refractivity contribution in [2.24, 2.45) is 0 Å². The zero-order valence-electron chi connectivity index (χ0n) is 7.83. The first-order chi connectivity index (χ1) is 6.90. The van der Waals surface area contributed by atoms with Crippen molar-refractivity contribution in [3.8, 4) is 0 Å². The molecule has 0 saturated carbocycles. The Labute approximate surface area is 98.0 Å². The molecule has 0 bridgehead atoms. The minimum Gasteiger partial charge on any atom is -0.261 e. The van der Waals surface area contributed by atoms with Crippen LogP contribution in [0, 0.1) is 0 Å². The molecule has 0 atom stereocenters. The summed E-state index contributed by atoms with van der Waals surface area (Å²) >= 11 is 2.18. The molecule has 0 amide bonds. The van der Waals surface area contributed by atoms with E-state index in [1.54, 1.807) is 0 Å². The van der Waals surface area contributed by atoms with Crippen molar-refractivity contribution in [1.29, 1.82) is 0 Å². The molecule has 0 aromatic heterocycles. The van der Waals surface area contributed by atoms with Crippen LogP contribution in [0.15, 0.2) is 42.5 Å². The zero-order valence-corrected chi connectivity index (χ0v) is 9.99. The molecule has 14 heavy (non-hydrogen) atoms. The van der Waals surface area contributed by atoms with Gasteiger partial charge in [0.2, 0.25) is 0 Å². The third kappa shape index (κ3) is 2.25. The van der Waals surface area contributed by atoms with Gasteiger partial charge in [0.25, 0.3) is 0 Å². The normalized spacial score (nSPS) is 10.6. The molecule has 2 aromatic rings. The molecule has 0 aliphatic rings. The SMILES string of the molecule is INCCc1ccc2ccccc2c1. The maximum Gasteiger partial charge on any atom is 0.0169 e. The van der Waals surface area contributed by atoms with Crippen LogP contribution < -0.4 is 3.53 Å². The molecule has 0 unspecified atom stereocenters. The van der Waals surface area contributed by atoms with Crippen molar-refractivity contribution in [2.75, 3.05) is 6.54 Å². The van der Waals surface area contributed by atoms with Gasteiger partial charge in [0.15, 0.2) is 0 Å². The van der Waals surface area contributed by atoms with Crippen molar-refractivity contribution in [1.82, 2.24) is 3.53 Å². The van der Waals surface area contributed by atoms with Gasteiger partial charge in [-0.05, 0) is 22.8 Å². The lowest BCUT2D eigenvalue weighted by atomic mass is 10.1. The Morgan fingerprint density at radius 3 is 2.57 bits per heavy atom. The largest absolute Gasteiger partial charge is 0.261 e. The summed E-state index contributed by atoms with van der Waals surface area (Å²) in [5, 5.41) is 2.65. The van der Waals surface area contributed by atoms with E-state index in [0.717, 1.165) is 13.0 Å². The summed E-state index contributed by atoms with van der Waals surface area (Å²) in [5.41, 5.74) is 1.40. The third-order valence-electron chi connectivity index (χ3n) is 2.32. The average molecular weight is 297 g/mol. The van der Waals surface area contributed by atoms with Gasteiger partial charge < -0.3 is 0 Å². The lowest BCUT2D eigenvalue weighted by Gasteiger charge is -2.02. The summed E-state index contributed by atoms with van der Waals surface area (Å²) in [7, 11) is 0. The Balaban J connectivity index is 2.32. The third-order valence-corrected chi connectivity index (χ3v) is 2.86. The maximum atomic E-state index is 3.13. The highest BCUT2D eigenvalue weighted by Crippen LogP contribution is 2.15. The van der Waals surface area contributed by atoms with Gasteiger partial charge in [-0.3, -0.25) is 3.53 Å². The van der Waals surface area contributed by atoms with Crippen LogP contribution in [0.2, 0.25) is 0 Å². The Morgan fingerprint density at radius 2 is 1.79 bits per heavy atom. The van der Waals surface area contributed by atoms with Crippen LogP contribution in [0.1, 0.15) is 5.56 Å². The van der Waals surface area contributed by atoms with Crippen LogP contribution in [0.4, 0.5) is 0 Å². The van der Waals surface area contributed by atoms with E-state index in [1.807, 2.05) is 0 Å². The topological polar surface area (TPSA) is 12.0 Å². The van der Waals surface area contributed by atoms with Crippen LogP contribution in [0.5, 0.6) is 0 Å². The van der Waals surface area contributed by atoms with E-state index in [-0.39, 0.29) is 0 Å². The first-order valence-electron chi connectivity index (χ1n) is 4.71. The van der Waals surface area contributed by atoms with Crippen LogP contribution in [0.3, 0.4) is 0 Å². The summed E-state index contributed by atoms with van der Waals surface area (Å²) in [4.78, 5) is 0. The maximum absolute atomic E-state index is 3.13. The smallest absolute Gasteiger partial charge is 0.0169 e. The summed E-state index contributed by atoms with van der Waals surface area (Å²) in [6.45, 7) is 1.03. The molecule has 0 saturated heterocycles. The standard InChI is InChI=1S/C12H12IN/c13-14-8-7-10-5-6-11-3-1-2-4-12(11)9-10/h1-6,9,14H,7-8H2. The molecule has 0 radical (unpaired) electrons. The van der Waals surface area contributed by atoms with Gasteiger partial charge in [0.05, 0.1) is 0 Å². The van der Waals surface area contributed by atoms with Gasteiger partial charge in [-0.15, -0.1) is 0 Å². The van der Waals surface area contributed by atoms with E-state index in [2.05, 4.69) is 68.9 Å². The molecule has 2 heteroatoms. The first kappa shape index (κ1) is 9.93. The predicted molar refractivity (Wildman–Crippen MR) is 69.7 cm³/mol. The van der Waals surface area contributed by atoms with Gasteiger partial charge in [-0.25, -0.2) is 0 Å². The molecule has 0 aliphatic heterocycles. The molecule has 0 aliphatic carbocycles. The van der Waals surface area contributed by atoms with E-state index in [4.69, 9.17) is 0 Å². The van der Waals surface area contributed by atoms with Crippen LogP contribution in [-0.2, 0) is 6.42 Å². The second-order valence-electron chi connectivity index (χ2n) is 3.32. The molecule has 1 N–H and O–H groups in total. The number of fused-ring (bicyclic) bond motifs is 1. The van der Waals surface area contributed by atoms with Crippen LogP contribution >= 0.6 is 22.9 Å². The second-order valence-corrected chi connectivity index (χ2v) is 4.08. The highest BCUT2D eigenvalue weighted by molar-refractivity contribution is 14.1. The molecule has 0 fully saturated rings. The Kier molecular flexibility index (Phi) is 3.37. The van der Waals surface area contributed by atoms with Gasteiger partial charge in [-0.1, -0.05) is 42.5 Å². The highest BCUT2D eigenvalue weighted by atomic mass is 127. The van der Waals surface area contributed by atoms with Gasteiger partial charge >= 0.3 is 0 Å².